The van der Waals surface area contributed by atoms with Crippen LogP contribution < -0.4 is 10.2 Å². The number of hydrogen-bond donors (Lipinski definition) is 1. The summed E-state index contributed by atoms with van der Waals surface area (Å²) in [7, 11) is 2.06. The summed E-state index contributed by atoms with van der Waals surface area (Å²) >= 11 is 6.57. The second-order valence-corrected chi connectivity index (χ2v) is 9.32. The van der Waals surface area contributed by atoms with Gasteiger partial charge in [0.15, 0.2) is 0 Å². The Kier molecular flexibility index (Phi) is 5.30. The van der Waals surface area contributed by atoms with Crippen LogP contribution in [0.2, 0.25) is 5.02 Å². The highest BCUT2D eigenvalue weighted by molar-refractivity contribution is 6.32. The van der Waals surface area contributed by atoms with E-state index >= 15 is 0 Å². The lowest BCUT2D eigenvalue weighted by Crippen LogP contribution is -2.45. The third-order valence-corrected chi connectivity index (χ3v) is 6.60. The normalized spacial score (nSPS) is 21.5. The molecule has 2 heterocycles. The fraction of sp³-hybridized carbons (Fsp3) is 0.333. The molecule has 0 spiro atoms. The fourth-order valence-corrected chi connectivity index (χ4v) is 4.57. The van der Waals surface area contributed by atoms with Crippen molar-refractivity contribution in [1.82, 2.24) is 10.2 Å². The second-order valence-electron chi connectivity index (χ2n) is 8.92. The first-order valence-electron chi connectivity index (χ1n) is 10.2. The van der Waals surface area contributed by atoms with Crippen LogP contribution in [0.3, 0.4) is 0 Å². The minimum Gasteiger partial charge on any atom is -0.369 e. The van der Waals surface area contributed by atoms with Crippen molar-refractivity contribution in [3.63, 3.8) is 0 Å². The van der Waals surface area contributed by atoms with Gasteiger partial charge in [0.2, 0.25) is 0 Å². The molecule has 1 fully saturated rings. The van der Waals surface area contributed by atoms with Gasteiger partial charge in [0, 0.05) is 23.3 Å². The molecule has 0 saturated carbocycles. The van der Waals surface area contributed by atoms with E-state index < -0.39 is 11.9 Å². The van der Waals surface area contributed by atoms with Gasteiger partial charge in [0.1, 0.15) is 11.5 Å². The number of fused-ring (bicyclic) bond motifs is 1. The van der Waals surface area contributed by atoms with Crippen molar-refractivity contribution in [2.24, 2.45) is 0 Å². The highest BCUT2D eigenvalue weighted by Crippen LogP contribution is 2.44. The van der Waals surface area contributed by atoms with Gasteiger partial charge in [0.05, 0.1) is 6.54 Å². The Morgan fingerprint density at radius 2 is 1.90 bits per heavy atom. The van der Waals surface area contributed by atoms with Crippen LogP contribution in [0.25, 0.3) is 6.08 Å². The number of nitrogens with zero attached hydrogens (tertiary/aromatic N) is 2. The van der Waals surface area contributed by atoms with Crippen molar-refractivity contribution in [3.8, 4) is 0 Å². The molecule has 0 aliphatic carbocycles. The van der Waals surface area contributed by atoms with E-state index in [9.17, 15) is 14.0 Å². The summed E-state index contributed by atoms with van der Waals surface area (Å²) in [6.45, 7) is 6.67. The number of halogens is 2. The molecule has 0 bridgehead atoms. The summed E-state index contributed by atoms with van der Waals surface area (Å²) in [6.07, 6.45) is 2.62. The average molecular weight is 442 g/mol. The number of benzene rings is 2. The number of urea groups is 1. The predicted octanol–water partition coefficient (Wildman–Crippen LogP) is 5.29. The molecule has 3 amide bonds. The Bertz CT molecular complexity index is 1090. The van der Waals surface area contributed by atoms with E-state index in [0.29, 0.717) is 22.1 Å². The number of anilines is 1. The maximum Gasteiger partial charge on any atom is 0.329 e. The first-order chi connectivity index (χ1) is 14.6. The van der Waals surface area contributed by atoms with Crippen LogP contribution in [-0.4, -0.2) is 29.4 Å². The number of imide groups is 1. The van der Waals surface area contributed by atoms with Gasteiger partial charge in [0.25, 0.3) is 5.91 Å². The summed E-state index contributed by atoms with van der Waals surface area (Å²) in [6, 6.07) is 9.13. The molecule has 1 saturated heterocycles. The SMILES string of the molecule is C[C@H]1CC(C)(C)N(C)c2cc(Cl)c(/C=C3\NC(=O)N(Cc4ccc(F)cc4)C3=O)cc21. The van der Waals surface area contributed by atoms with Crippen molar-refractivity contribution in [2.75, 3.05) is 11.9 Å². The van der Waals surface area contributed by atoms with Crippen molar-refractivity contribution in [1.29, 1.82) is 0 Å². The lowest BCUT2D eigenvalue weighted by atomic mass is 9.80. The summed E-state index contributed by atoms with van der Waals surface area (Å²) < 4.78 is 13.1. The molecule has 31 heavy (non-hydrogen) atoms. The largest absolute Gasteiger partial charge is 0.369 e. The Balaban J connectivity index is 1.63. The van der Waals surface area contributed by atoms with E-state index in [-0.39, 0.29) is 23.6 Å². The molecule has 4 rings (SSSR count). The van der Waals surface area contributed by atoms with E-state index in [4.69, 9.17) is 11.6 Å². The van der Waals surface area contributed by atoms with Crippen LogP contribution in [0.5, 0.6) is 0 Å². The van der Waals surface area contributed by atoms with E-state index in [1.807, 2.05) is 12.1 Å². The number of rotatable bonds is 3. The standard InChI is InChI=1S/C24H25ClFN3O2/c1-14-12-24(2,3)28(4)21-11-19(25)16(9-18(14)21)10-20-22(30)29(23(31)27-20)13-15-5-7-17(26)8-6-15/h5-11,14H,12-13H2,1-4H3,(H,27,31)/b20-10-/t14-/m0/s1. The van der Waals surface area contributed by atoms with Gasteiger partial charge in [-0.15, -0.1) is 0 Å². The average Bonchev–Trinajstić information content (AvgIpc) is 2.96. The van der Waals surface area contributed by atoms with Crippen LogP contribution in [-0.2, 0) is 11.3 Å². The highest BCUT2D eigenvalue weighted by atomic mass is 35.5. The zero-order valence-electron chi connectivity index (χ0n) is 18.0. The molecule has 0 radical (unpaired) electrons. The van der Waals surface area contributed by atoms with E-state index in [2.05, 4.69) is 38.0 Å². The number of hydrogen-bond acceptors (Lipinski definition) is 3. The van der Waals surface area contributed by atoms with Crippen molar-refractivity contribution >= 4 is 35.3 Å². The monoisotopic (exact) mass is 441 g/mol. The minimum atomic E-state index is -0.510. The fourth-order valence-electron chi connectivity index (χ4n) is 4.36. The molecular formula is C24H25ClFN3O2. The zero-order valence-corrected chi connectivity index (χ0v) is 18.8. The van der Waals surface area contributed by atoms with Gasteiger partial charge in [-0.3, -0.25) is 9.69 Å². The van der Waals surface area contributed by atoms with Gasteiger partial charge < -0.3 is 10.2 Å². The van der Waals surface area contributed by atoms with E-state index in [0.717, 1.165) is 22.6 Å². The number of carbonyl (C=O) groups is 2. The topological polar surface area (TPSA) is 52.7 Å². The van der Waals surface area contributed by atoms with Crippen LogP contribution in [0.1, 0.15) is 49.8 Å². The van der Waals surface area contributed by atoms with Crippen LogP contribution in [0, 0.1) is 5.82 Å². The van der Waals surface area contributed by atoms with Crippen molar-refractivity contribution in [3.05, 3.63) is 69.6 Å². The molecule has 5 nitrogen and oxygen atoms in total. The van der Waals surface area contributed by atoms with E-state index in [1.165, 1.54) is 12.1 Å². The molecule has 2 aliphatic heterocycles. The Hall–Kier alpha value is -2.86. The Morgan fingerprint density at radius 3 is 2.58 bits per heavy atom. The Labute approximate surface area is 186 Å². The molecular weight excluding hydrogens is 417 g/mol. The molecule has 0 unspecified atom stereocenters. The first kappa shape index (κ1) is 21.4. The molecule has 1 N–H and O–H groups in total. The lowest BCUT2D eigenvalue weighted by Gasteiger charge is -2.45. The van der Waals surface area contributed by atoms with Crippen LogP contribution in [0.15, 0.2) is 42.1 Å². The van der Waals surface area contributed by atoms with Gasteiger partial charge in [-0.2, -0.15) is 0 Å². The predicted molar refractivity (Wildman–Crippen MR) is 120 cm³/mol. The third-order valence-electron chi connectivity index (χ3n) is 6.27. The number of carbonyl (C=O) groups excluding carboxylic acids is 2. The first-order valence-corrected chi connectivity index (χ1v) is 10.6. The summed E-state index contributed by atoms with van der Waals surface area (Å²) in [5, 5.41) is 3.15. The van der Waals surface area contributed by atoms with Crippen LogP contribution in [0.4, 0.5) is 14.9 Å². The molecule has 1 atom stereocenters. The summed E-state index contributed by atoms with van der Waals surface area (Å²) in [5.74, 6) is -0.472. The van der Waals surface area contributed by atoms with Crippen molar-refractivity contribution in [2.45, 2.75) is 45.2 Å². The van der Waals surface area contributed by atoms with Gasteiger partial charge in [-0.25, -0.2) is 9.18 Å². The molecule has 2 aromatic rings. The van der Waals surface area contributed by atoms with Gasteiger partial charge in [-0.05, 0) is 73.2 Å². The molecule has 0 aromatic heterocycles. The minimum absolute atomic E-state index is 0.0198. The quantitative estimate of drug-likeness (QED) is 0.519. The third kappa shape index (κ3) is 3.92. The van der Waals surface area contributed by atoms with Crippen molar-refractivity contribution < 1.29 is 14.0 Å². The van der Waals surface area contributed by atoms with Gasteiger partial charge >= 0.3 is 6.03 Å². The van der Waals surface area contributed by atoms with E-state index in [1.54, 1.807) is 18.2 Å². The molecule has 162 valence electrons. The molecule has 2 aliphatic rings. The summed E-state index contributed by atoms with van der Waals surface area (Å²) in [5.41, 5.74) is 3.79. The maximum atomic E-state index is 13.1. The highest BCUT2D eigenvalue weighted by Gasteiger charge is 2.36. The second kappa shape index (κ2) is 7.68. The number of amides is 3. The molecule has 2 aromatic carbocycles. The maximum absolute atomic E-state index is 13.1. The lowest BCUT2D eigenvalue weighted by molar-refractivity contribution is -0.123. The number of nitrogens with one attached hydrogen (secondary N) is 1. The zero-order chi connectivity index (χ0) is 22.5. The summed E-state index contributed by atoms with van der Waals surface area (Å²) in [4.78, 5) is 28.6. The Morgan fingerprint density at radius 1 is 1.23 bits per heavy atom. The van der Waals surface area contributed by atoms with Gasteiger partial charge in [-0.1, -0.05) is 30.7 Å². The van der Waals surface area contributed by atoms with Crippen LogP contribution >= 0.6 is 11.6 Å². The molecule has 7 heteroatoms. The smallest absolute Gasteiger partial charge is 0.329 e.